The lowest BCUT2D eigenvalue weighted by atomic mass is 10.2. The molecule has 0 bridgehead atoms. The van der Waals surface area contributed by atoms with Gasteiger partial charge in [-0.25, -0.2) is 0 Å². The van der Waals surface area contributed by atoms with Gasteiger partial charge in [0.15, 0.2) is 0 Å². The van der Waals surface area contributed by atoms with Gasteiger partial charge < -0.3 is 10.2 Å². The molecule has 0 fully saturated rings. The second-order valence-electron chi connectivity index (χ2n) is 3.95. The summed E-state index contributed by atoms with van der Waals surface area (Å²) in [6.45, 7) is 2.63. The highest BCUT2D eigenvalue weighted by Crippen LogP contribution is 2.10. The van der Waals surface area contributed by atoms with Crippen LogP contribution in [-0.2, 0) is 4.79 Å². The van der Waals surface area contributed by atoms with Crippen molar-refractivity contribution in [2.45, 2.75) is 18.2 Å². The third-order valence-electron chi connectivity index (χ3n) is 2.51. The van der Waals surface area contributed by atoms with E-state index in [4.69, 9.17) is 0 Å². The lowest BCUT2D eigenvalue weighted by molar-refractivity contribution is -0.121. The fourth-order valence-corrected chi connectivity index (χ4v) is 1.71. The standard InChI is InChI=1S/C13H18N2O2S/c1-3-8-15(9-12(16)14-2)13(17)10-4-6-11(18)7-5-10/h4-7,18H,3,8-9H2,1-2H3,(H,14,16). The molecule has 0 unspecified atom stereocenters. The lowest BCUT2D eigenvalue weighted by Crippen LogP contribution is -2.40. The van der Waals surface area contributed by atoms with Crippen LogP contribution < -0.4 is 5.32 Å². The highest BCUT2D eigenvalue weighted by atomic mass is 32.1. The average Bonchev–Trinajstić information content (AvgIpc) is 2.38. The molecule has 0 saturated carbocycles. The monoisotopic (exact) mass is 266 g/mol. The topological polar surface area (TPSA) is 49.4 Å². The first-order chi connectivity index (χ1) is 8.58. The SMILES string of the molecule is CCCN(CC(=O)NC)C(=O)c1ccc(S)cc1. The number of rotatable bonds is 5. The Hall–Kier alpha value is -1.49. The molecule has 1 rings (SSSR count). The van der Waals surface area contributed by atoms with Crippen molar-refractivity contribution in [2.24, 2.45) is 0 Å². The van der Waals surface area contributed by atoms with Crippen LogP contribution in [-0.4, -0.2) is 36.9 Å². The van der Waals surface area contributed by atoms with Crippen molar-refractivity contribution in [3.63, 3.8) is 0 Å². The van der Waals surface area contributed by atoms with E-state index in [9.17, 15) is 9.59 Å². The van der Waals surface area contributed by atoms with Gasteiger partial charge in [0.05, 0.1) is 6.54 Å². The normalized spacial score (nSPS) is 9.94. The van der Waals surface area contributed by atoms with E-state index in [1.807, 2.05) is 6.92 Å². The molecule has 0 atom stereocenters. The molecule has 4 nitrogen and oxygen atoms in total. The summed E-state index contributed by atoms with van der Waals surface area (Å²) in [6, 6.07) is 6.97. The van der Waals surface area contributed by atoms with Crippen LogP contribution in [0.4, 0.5) is 0 Å². The molecule has 0 aliphatic heterocycles. The molecule has 0 aromatic heterocycles. The predicted octanol–water partition coefficient (Wildman–Crippen LogP) is 1.57. The summed E-state index contributed by atoms with van der Waals surface area (Å²) in [4.78, 5) is 25.9. The molecule has 0 heterocycles. The van der Waals surface area contributed by atoms with Crippen molar-refractivity contribution in [1.29, 1.82) is 0 Å². The number of likely N-dealkylation sites (N-methyl/N-ethyl adjacent to an activating group) is 1. The Labute approximate surface area is 113 Å². The average molecular weight is 266 g/mol. The van der Waals surface area contributed by atoms with Crippen LogP contribution in [0.1, 0.15) is 23.7 Å². The van der Waals surface area contributed by atoms with Gasteiger partial charge in [-0.1, -0.05) is 6.92 Å². The maximum atomic E-state index is 12.2. The van der Waals surface area contributed by atoms with Crippen molar-refractivity contribution in [3.05, 3.63) is 29.8 Å². The second-order valence-corrected chi connectivity index (χ2v) is 4.46. The zero-order valence-corrected chi connectivity index (χ0v) is 11.5. The third-order valence-corrected chi connectivity index (χ3v) is 2.81. The molecular weight excluding hydrogens is 248 g/mol. The first-order valence-corrected chi connectivity index (χ1v) is 6.32. The van der Waals surface area contributed by atoms with Gasteiger partial charge in [0.2, 0.25) is 5.91 Å². The van der Waals surface area contributed by atoms with Crippen LogP contribution in [0.3, 0.4) is 0 Å². The molecule has 5 heteroatoms. The summed E-state index contributed by atoms with van der Waals surface area (Å²) in [7, 11) is 1.56. The van der Waals surface area contributed by atoms with Crippen LogP contribution in [0.15, 0.2) is 29.2 Å². The van der Waals surface area contributed by atoms with Gasteiger partial charge in [0.25, 0.3) is 5.91 Å². The quantitative estimate of drug-likeness (QED) is 0.795. The molecular formula is C13H18N2O2S. The molecule has 1 aromatic rings. The van der Waals surface area contributed by atoms with Gasteiger partial charge in [-0.3, -0.25) is 9.59 Å². The Bertz CT molecular complexity index is 418. The summed E-state index contributed by atoms with van der Waals surface area (Å²) in [6.07, 6.45) is 0.813. The fourth-order valence-electron chi connectivity index (χ4n) is 1.56. The smallest absolute Gasteiger partial charge is 0.254 e. The number of carbonyl (C=O) groups excluding carboxylic acids is 2. The van der Waals surface area contributed by atoms with Crippen molar-refractivity contribution < 1.29 is 9.59 Å². The maximum absolute atomic E-state index is 12.2. The van der Waals surface area contributed by atoms with Gasteiger partial charge >= 0.3 is 0 Å². The van der Waals surface area contributed by atoms with E-state index in [1.54, 1.807) is 36.2 Å². The fraction of sp³-hybridized carbons (Fsp3) is 0.385. The minimum absolute atomic E-state index is 0.0891. The van der Waals surface area contributed by atoms with E-state index < -0.39 is 0 Å². The van der Waals surface area contributed by atoms with Crippen molar-refractivity contribution in [1.82, 2.24) is 10.2 Å². The molecule has 0 aliphatic carbocycles. The molecule has 1 aromatic carbocycles. The Balaban J connectivity index is 2.81. The number of nitrogens with one attached hydrogen (secondary N) is 1. The summed E-state index contributed by atoms with van der Waals surface area (Å²) in [5, 5.41) is 2.52. The van der Waals surface area contributed by atoms with Crippen molar-refractivity contribution >= 4 is 24.4 Å². The highest BCUT2D eigenvalue weighted by Gasteiger charge is 2.17. The highest BCUT2D eigenvalue weighted by molar-refractivity contribution is 7.80. The van der Waals surface area contributed by atoms with E-state index in [0.29, 0.717) is 12.1 Å². The number of thiol groups is 1. The van der Waals surface area contributed by atoms with Crippen LogP contribution in [0.5, 0.6) is 0 Å². The maximum Gasteiger partial charge on any atom is 0.254 e. The molecule has 0 saturated heterocycles. The Morgan fingerprint density at radius 1 is 1.28 bits per heavy atom. The van der Waals surface area contributed by atoms with Crippen LogP contribution in [0.2, 0.25) is 0 Å². The molecule has 1 N–H and O–H groups in total. The van der Waals surface area contributed by atoms with Crippen LogP contribution >= 0.6 is 12.6 Å². The molecule has 18 heavy (non-hydrogen) atoms. The minimum atomic E-state index is -0.164. The lowest BCUT2D eigenvalue weighted by Gasteiger charge is -2.21. The van der Waals surface area contributed by atoms with Gasteiger partial charge in [-0.2, -0.15) is 0 Å². The molecule has 2 amide bonds. The minimum Gasteiger partial charge on any atom is -0.358 e. The molecule has 0 aliphatic rings. The zero-order chi connectivity index (χ0) is 13.5. The summed E-state index contributed by atoms with van der Waals surface area (Å²) >= 11 is 4.17. The van der Waals surface area contributed by atoms with E-state index in [1.165, 1.54) is 0 Å². The first kappa shape index (κ1) is 14.6. The van der Waals surface area contributed by atoms with Gasteiger partial charge in [-0.15, -0.1) is 12.6 Å². The summed E-state index contributed by atoms with van der Waals surface area (Å²) < 4.78 is 0. The van der Waals surface area contributed by atoms with E-state index in [-0.39, 0.29) is 18.4 Å². The van der Waals surface area contributed by atoms with Gasteiger partial charge in [0.1, 0.15) is 0 Å². The van der Waals surface area contributed by atoms with Crippen LogP contribution in [0, 0.1) is 0 Å². The number of amides is 2. The largest absolute Gasteiger partial charge is 0.358 e. The van der Waals surface area contributed by atoms with E-state index in [2.05, 4.69) is 17.9 Å². The first-order valence-electron chi connectivity index (χ1n) is 5.87. The van der Waals surface area contributed by atoms with Crippen molar-refractivity contribution in [3.8, 4) is 0 Å². The van der Waals surface area contributed by atoms with Gasteiger partial charge in [-0.05, 0) is 30.7 Å². The molecule has 0 spiro atoms. The number of hydrogen-bond acceptors (Lipinski definition) is 3. The molecule has 98 valence electrons. The predicted molar refractivity (Wildman–Crippen MR) is 74.0 cm³/mol. The van der Waals surface area contributed by atoms with E-state index in [0.717, 1.165) is 11.3 Å². The number of benzene rings is 1. The van der Waals surface area contributed by atoms with E-state index >= 15 is 0 Å². The summed E-state index contributed by atoms with van der Waals surface area (Å²) in [5.74, 6) is -0.295. The number of hydrogen-bond donors (Lipinski definition) is 2. The second kappa shape index (κ2) is 7.06. The van der Waals surface area contributed by atoms with Gasteiger partial charge in [0, 0.05) is 24.1 Å². The van der Waals surface area contributed by atoms with Crippen LogP contribution in [0.25, 0.3) is 0 Å². The third kappa shape index (κ3) is 4.07. The molecule has 0 radical (unpaired) electrons. The summed E-state index contributed by atoms with van der Waals surface area (Å²) in [5.41, 5.74) is 0.574. The van der Waals surface area contributed by atoms with Crippen molar-refractivity contribution in [2.75, 3.05) is 20.1 Å². The Morgan fingerprint density at radius 3 is 2.39 bits per heavy atom. The number of nitrogens with zero attached hydrogens (tertiary/aromatic N) is 1. The Morgan fingerprint density at radius 2 is 1.89 bits per heavy atom. The Kier molecular flexibility index (Phi) is 5.71. The zero-order valence-electron chi connectivity index (χ0n) is 10.6. The number of carbonyl (C=O) groups is 2.